The number of carbonyl (C=O) groups excluding carboxylic acids is 4. The smallest absolute Gasteiger partial charge is 0.303 e. The van der Waals surface area contributed by atoms with E-state index in [0.29, 0.717) is 25.1 Å². The van der Waals surface area contributed by atoms with Crippen LogP contribution in [0.4, 0.5) is 0 Å². The van der Waals surface area contributed by atoms with E-state index in [1.54, 1.807) is 0 Å². The van der Waals surface area contributed by atoms with Crippen LogP contribution in [0.1, 0.15) is 42.1 Å². The Hall–Kier alpha value is -4.47. The molecule has 0 saturated heterocycles. The number of oxazole rings is 1. The molecule has 0 unspecified atom stereocenters. The Morgan fingerprint density at radius 1 is 0.947 bits per heavy atom. The van der Waals surface area contributed by atoms with Gasteiger partial charge in [0.05, 0.1) is 12.2 Å². The molecule has 1 N–H and O–H groups in total. The first-order valence-electron chi connectivity index (χ1n) is 12.2. The fraction of sp³-hybridized carbons (Fsp3) is 0.321. The van der Waals surface area contributed by atoms with Crippen LogP contribution in [0.2, 0.25) is 0 Å². The van der Waals surface area contributed by atoms with Gasteiger partial charge < -0.3 is 24.1 Å². The van der Waals surface area contributed by atoms with Gasteiger partial charge in [0.15, 0.2) is 0 Å². The number of fused-ring (bicyclic) bond motifs is 1. The van der Waals surface area contributed by atoms with E-state index in [0.717, 1.165) is 30.5 Å². The van der Waals surface area contributed by atoms with Crippen LogP contribution in [0.25, 0.3) is 0 Å². The quantitative estimate of drug-likeness (QED) is 0.427. The molecule has 10 nitrogen and oxygen atoms in total. The lowest BCUT2D eigenvalue weighted by atomic mass is 9.99. The molecule has 0 radical (unpaired) electrons. The summed E-state index contributed by atoms with van der Waals surface area (Å²) in [6.45, 7) is 2.75. The van der Waals surface area contributed by atoms with Crippen molar-refractivity contribution in [1.29, 1.82) is 0 Å². The highest BCUT2D eigenvalue weighted by molar-refractivity contribution is 5.93. The highest BCUT2D eigenvalue weighted by Gasteiger charge is 2.42. The minimum Gasteiger partial charge on any atom is -0.448 e. The molecule has 0 saturated carbocycles. The molecule has 2 atom stereocenters. The number of ether oxygens (including phenoxy) is 2. The zero-order valence-electron chi connectivity index (χ0n) is 21.2. The number of nitrogens with zero attached hydrogens (tertiary/aromatic N) is 2. The second-order valence-electron chi connectivity index (χ2n) is 8.95. The summed E-state index contributed by atoms with van der Waals surface area (Å²) >= 11 is 0. The van der Waals surface area contributed by atoms with Crippen LogP contribution in [0, 0.1) is 0 Å². The predicted octanol–water partition coefficient (Wildman–Crippen LogP) is 2.33. The van der Waals surface area contributed by atoms with Gasteiger partial charge in [0.1, 0.15) is 6.26 Å². The first kappa shape index (κ1) is 26.6. The topological polar surface area (TPSA) is 128 Å². The molecule has 1 aliphatic rings. The molecular formula is C28H29N3O7. The Labute approximate surface area is 219 Å². The molecule has 38 heavy (non-hydrogen) atoms. The zero-order chi connectivity index (χ0) is 27.1. The predicted molar refractivity (Wildman–Crippen MR) is 134 cm³/mol. The van der Waals surface area contributed by atoms with E-state index in [2.05, 4.69) is 10.3 Å². The van der Waals surface area contributed by atoms with Gasteiger partial charge in [0, 0.05) is 33.4 Å². The van der Waals surface area contributed by atoms with E-state index in [9.17, 15) is 19.2 Å². The molecule has 2 aromatic carbocycles. The summed E-state index contributed by atoms with van der Waals surface area (Å²) in [4.78, 5) is 56.2. The van der Waals surface area contributed by atoms with E-state index in [4.69, 9.17) is 13.9 Å². The lowest BCUT2D eigenvalue weighted by Crippen LogP contribution is -2.54. The average Bonchev–Trinajstić information content (AvgIpc) is 3.36. The summed E-state index contributed by atoms with van der Waals surface area (Å²) in [6.07, 6.45) is -0.692. The van der Waals surface area contributed by atoms with Gasteiger partial charge in [-0.3, -0.25) is 19.2 Å². The minimum atomic E-state index is -1.69. The van der Waals surface area contributed by atoms with Crippen LogP contribution in [-0.4, -0.2) is 52.4 Å². The van der Waals surface area contributed by atoms with Crippen LogP contribution in [0.5, 0.6) is 0 Å². The Bertz CT molecular complexity index is 1300. The SMILES string of the molecule is CC(=O)O[C@@H](C(=O)NCc1nc(Cc2ccccc2)co1)[C@@H](OC(C)=O)C(=O)N1CCc2ccccc2C1. The Balaban J connectivity index is 1.46. The van der Waals surface area contributed by atoms with Crippen molar-refractivity contribution < 1.29 is 33.1 Å². The van der Waals surface area contributed by atoms with Gasteiger partial charge in [-0.1, -0.05) is 54.6 Å². The van der Waals surface area contributed by atoms with Crippen LogP contribution >= 0.6 is 0 Å². The van der Waals surface area contributed by atoms with Crippen molar-refractivity contribution in [3.63, 3.8) is 0 Å². The number of benzene rings is 2. The summed E-state index contributed by atoms with van der Waals surface area (Å²) in [5.74, 6) is -2.81. The van der Waals surface area contributed by atoms with Gasteiger partial charge >= 0.3 is 11.9 Å². The molecule has 1 aliphatic heterocycles. The van der Waals surface area contributed by atoms with Gasteiger partial charge in [-0.05, 0) is 23.1 Å². The molecule has 0 spiro atoms. The number of amides is 2. The molecule has 0 fully saturated rings. The highest BCUT2D eigenvalue weighted by atomic mass is 16.6. The van der Waals surface area contributed by atoms with E-state index in [1.165, 1.54) is 11.2 Å². The van der Waals surface area contributed by atoms with Gasteiger partial charge in [-0.2, -0.15) is 0 Å². The van der Waals surface area contributed by atoms with Crippen molar-refractivity contribution in [1.82, 2.24) is 15.2 Å². The molecule has 2 amide bonds. The number of carbonyl (C=O) groups is 4. The highest BCUT2D eigenvalue weighted by Crippen LogP contribution is 2.21. The van der Waals surface area contributed by atoms with Gasteiger partial charge in [-0.15, -0.1) is 0 Å². The number of hydrogen-bond donors (Lipinski definition) is 1. The summed E-state index contributed by atoms with van der Waals surface area (Å²) < 4.78 is 15.9. The van der Waals surface area contributed by atoms with Crippen molar-refractivity contribution in [3.05, 3.63) is 89.1 Å². The molecular weight excluding hydrogens is 490 g/mol. The summed E-state index contributed by atoms with van der Waals surface area (Å²) in [5.41, 5.74) is 3.80. The van der Waals surface area contributed by atoms with Crippen molar-refractivity contribution in [2.24, 2.45) is 0 Å². The number of hydrogen-bond acceptors (Lipinski definition) is 8. The van der Waals surface area contributed by atoms with Gasteiger partial charge in [0.2, 0.25) is 18.1 Å². The Morgan fingerprint density at radius 3 is 2.32 bits per heavy atom. The number of aromatic nitrogens is 1. The second kappa shape index (κ2) is 12.2. The lowest BCUT2D eigenvalue weighted by Gasteiger charge is -2.33. The first-order chi connectivity index (χ1) is 18.3. The van der Waals surface area contributed by atoms with Crippen molar-refractivity contribution >= 4 is 23.8 Å². The van der Waals surface area contributed by atoms with E-state index in [-0.39, 0.29) is 19.0 Å². The Morgan fingerprint density at radius 2 is 1.61 bits per heavy atom. The second-order valence-corrected chi connectivity index (χ2v) is 8.95. The van der Waals surface area contributed by atoms with Crippen LogP contribution in [0.3, 0.4) is 0 Å². The molecule has 0 aliphatic carbocycles. The van der Waals surface area contributed by atoms with E-state index in [1.807, 2.05) is 54.6 Å². The standard InChI is InChI=1S/C28H29N3O7/c1-18(32)37-25(27(34)29-15-24-30-23(17-36-24)14-20-8-4-3-5-9-20)26(38-19(2)33)28(35)31-13-12-21-10-6-7-11-22(21)16-31/h3-11,17,25-26H,12-16H2,1-2H3,(H,29,34)/t25-,26-/m1/s1. The maximum absolute atomic E-state index is 13.5. The minimum absolute atomic E-state index is 0.122. The zero-order valence-corrected chi connectivity index (χ0v) is 21.2. The molecule has 1 aromatic heterocycles. The van der Waals surface area contributed by atoms with Crippen molar-refractivity contribution in [2.75, 3.05) is 6.54 Å². The number of rotatable bonds is 9. The lowest BCUT2D eigenvalue weighted by molar-refractivity contribution is -0.178. The molecule has 3 aromatic rings. The maximum atomic E-state index is 13.5. The maximum Gasteiger partial charge on any atom is 0.303 e. The monoisotopic (exact) mass is 519 g/mol. The van der Waals surface area contributed by atoms with Crippen molar-refractivity contribution in [2.45, 2.75) is 52.0 Å². The normalized spacial score (nSPS) is 14.1. The number of esters is 2. The third-order valence-electron chi connectivity index (χ3n) is 6.05. The van der Waals surface area contributed by atoms with Gasteiger partial charge in [0.25, 0.3) is 11.8 Å². The molecule has 0 bridgehead atoms. The Kier molecular flexibility index (Phi) is 8.52. The van der Waals surface area contributed by atoms with Crippen molar-refractivity contribution in [3.8, 4) is 0 Å². The first-order valence-corrected chi connectivity index (χ1v) is 12.2. The fourth-order valence-corrected chi connectivity index (χ4v) is 4.30. The molecule has 198 valence electrons. The summed E-state index contributed by atoms with van der Waals surface area (Å²) in [7, 11) is 0. The summed E-state index contributed by atoms with van der Waals surface area (Å²) in [5, 5.41) is 2.57. The third-order valence-corrected chi connectivity index (χ3v) is 6.05. The van der Waals surface area contributed by atoms with E-state index < -0.39 is 36.0 Å². The van der Waals surface area contributed by atoms with E-state index >= 15 is 0 Å². The molecule has 2 heterocycles. The van der Waals surface area contributed by atoms with Crippen LogP contribution < -0.4 is 5.32 Å². The van der Waals surface area contributed by atoms with Crippen LogP contribution in [-0.2, 0) is 54.6 Å². The largest absolute Gasteiger partial charge is 0.448 e. The summed E-state index contributed by atoms with van der Waals surface area (Å²) in [6, 6.07) is 17.4. The fourth-order valence-electron chi connectivity index (χ4n) is 4.30. The van der Waals surface area contributed by atoms with Crippen LogP contribution in [0.15, 0.2) is 65.3 Å². The van der Waals surface area contributed by atoms with Gasteiger partial charge in [-0.25, -0.2) is 4.98 Å². The average molecular weight is 520 g/mol. The number of nitrogens with one attached hydrogen (secondary N) is 1. The third kappa shape index (κ3) is 6.84. The molecule has 4 rings (SSSR count). The molecule has 10 heteroatoms.